The maximum Gasteiger partial charge on any atom is 0.246 e. The lowest BCUT2D eigenvalue weighted by Crippen LogP contribution is -2.61. The van der Waals surface area contributed by atoms with Crippen molar-refractivity contribution in [2.45, 2.75) is 88.6 Å². The zero-order valence-electron chi connectivity index (χ0n) is 39.1. The Kier molecular flexibility index (Phi) is 23.8. The molecule has 0 spiro atoms. The number of primary amides is 2. The average Bonchev–Trinajstić information content (AvgIpc) is 3.29. The Bertz CT molecular complexity index is 2200. The fourth-order valence-corrected chi connectivity index (χ4v) is 8.91. The Morgan fingerprint density at radius 1 is 0.771 bits per heavy atom. The van der Waals surface area contributed by atoms with Crippen LogP contribution in [0.2, 0.25) is 0 Å². The number of hydrogen-bond donors (Lipinski definition) is 12. The number of hydrogen-bond acceptors (Lipinski definition) is 14. The van der Waals surface area contributed by atoms with Crippen molar-refractivity contribution in [2.24, 2.45) is 33.8 Å². The first-order valence-electron chi connectivity index (χ1n) is 22.1. The Morgan fingerprint density at radius 3 is 1.99 bits per heavy atom. The molecule has 1 aliphatic rings. The first-order chi connectivity index (χ1) is 33.1. The van der Waals surface area contributed by atoms with Gasteiger partial charge in [-0.1, -0.05) is 77.9 Å². The highest BCUT2D eigenvalue weighted by molar-refractivity contribution is 8.76. The van der Waals surface area contributed by atoms with Crippen LogP contribution in [0.3, 0.4) is 0 Å². The second-order valence-corrected chi connectivity index (χ2v) is 19.2. The number of nitrogens with one attached hydrogen (secondary N) is 7. The van der Waals surface area contributed by atoms with Gasteiger partial charge in [0, 0.05) is 44.4 Å². The lowest BCUT2D eigenvalue weighted by molar-refractivity contribution is -0.139. The van der Waals surface area contributed by atoms with E-state index in [0.717, 1.165) is 26.5 Å². The van der Waals surface area contributed by atoms with Gasteiger partial charge in [-0.25, -0.2) is 0 Å². The predicted molar refractivity (Wildman–Crippen MR) is 261 cm³/mol. The van der Waals surface area contributed by atoms with Gasteiger partial charge in [0.1, 0.15) is 42.0 Å². The Morgan fingerprint density at radius 2 is 1.37 bits per heavy atom. The van der Waals surface area contributed by atoms with E-state index in [4.69, 9.17) is 22.9 Å². The molecule has 2 aromatic rings. The van der Waals surface area contributed by atoms with Crippen LogP contribution in [0.5, 0.6) is 5.75 Å². The number of phenolic OH excluding ortho intramolecular Hbond substituents is 1. The van der Waals surface area contributed by atoms with Crippen LogP contribution in [0.1, 0.15) is 50.7 Å². The first kappa shape index (κ1) is 57.2. The number of amides is 10. The summed E-state index contributed by atoms with van der Waals surface area (Å²) in [6.07, 6.45) is -0.684. The fourth-order valence-electron chi connectivity index (χ4n) is 6.76. The van der Waals surface area contributed by atoms with Crippen LogP contribution in [-0.2, 0) is 60.8 Å². The van der Waals surface area contributed by atoms with E-state index < -0.39 is 121 Å². The van der Waals surface area contributed by atoms with Gasteiger partial charge in [-0.3, -0.25) is 52.9 Å². The predicted octanol–water partition coefficient (Wildman–Crippen LogP) is -3.48. The van der Waals surface area contributed by atoms with Crippen LogP contribution in [0.15, 0.2) is 59.6 Å². The number of aromatic hydroxyl groups is 1. The van der Waals surface area contributed by atoms with Crippen molar-refractivity contribution >= 4 is 86.6 Å². The number of aliphatic imine (C=N–C) groups is 1. The van der Waals surface area contributed by atoms with Gasteiger partial charge < -0.3 is 70.2 Å². The molecule has 382 valence electrons. The number of guanidine groups is 1. The Labute approximate surface area is 412 Å². The molecule has 24 nitrogen and oxygen atoms in total. The molecule has 10 amide bonds. The van der Waals surface area contributed by atoms with Crippen molar-refractivity contribution < 1.29 is 53.1 Å². The van der Waals surface area contributed by atoms with Crippen molar-refractivity contribution in [2.75, 3.05) is 38.2 Å². The summed E-state index contributed by atoms with van der Waals surface area (Å²) in [4.78, 5) is 138. The third kappa shape index (κ3) is 20.6. The molecular weight excluding hydrogens is 951 g/mol. The Hall–Kier alpha value is -7.09. The van der Waals surface area contributed by atoms with Crippen molar-refractivity contribution in [1.82, 2.24) is 42.1 Å². The SMILES string of the molecule is CC(C)[C@H]1NC(=O)[C@H](Cc2ccccc2)NC(=O)[C@@H](Cc2ccc(O)cc2)NC(=O)CCSSC[C@@H](C(=O)N(C)CC(=O)N[C@@H](CCCN=C(N)N)C(=O)NCC(N)=O)NC(=O)[C@H](CC(N)=O)NC1=O. The molecule has 0 unspecified atom stereocenters. The van der Waals surface area contributed by atoms with E-state index in [0.29, 0.717) is 11.1 Å². The summed E-state index contributed by atoms with van der Waals surface area (Å²) in [6, 6.07) is 6.55. The molecule has 0 aliphatic carbocycles. The largest absolute Gasteiger partial charge is 0.508 e. The topological polar surface area (TPSA) is 395 Å². The maximum absolute atomic E-state index is 14.2. The lowest BCUT2D eigenvalue weighted by atomic mass is 9.99. The summed E-state index contributed by atoms with van der Waals surface area (Å²) in [5.74, 6) is -9.08. The number of carbonyl (C=O) groups excluding carboxylic acids is 10. The molecule has 1 fully saturated rings. The summed E-state index contributed by atoms with van der Waals surface area (Å²) in [5, 5.41) is 27.8. The van der Waals surface area contributed by atoms with E-state index in [9.17, 15) is 53.1 Å². The van der Waals surface area contributed by atoms with E-state index in [1.165, 1.54) is 19.2 Å². The zero-order valence-corrected chi connectivity index (χ0v) is 40.7. The van der Waals surface area contributed by atoms with Crippen molar-refractivity contribution in [3.05, 3.63) is 65.7 Å². The number of carbonyl (C=O) groups is 10. The summed E-state index contributed by atoms with van der Waals surface area (Å²) < 4.78 is 0. The highest BCUT2D eigenvalue weighted by Gasteiger charge is 2.35. The molecule has 2 aromatic carbocycles. The molecule has 1 heterocycles. The molecular formula is C44H63N13O11S2. The van der Waals surface area contributed by atoms with Crippen LogP contribution in [0.4, 0.5) is 0 Å². The minimum absolute atomic E-state index is 0.0181. The van der Waals surface area contributed by atoms with E-state index in [2.05, 4.69) is 42.2 Å². The van der Waals surface area contributed by atoms with E-state index in [-0.39, 0.29) is 61.9 Å². The highest BCUT2D eigenvalue weighted by atomic mass is 33.1. The minimum Gasteiger partial charge on any atom is -0.508 e. The average molecular weight is 1010 g/mol. The van der Waals surface area contributed by atoms with Crippen molar-refractivity contribution in [3.8, 4) is 5.75 Å². The van der Waals surface area contributed by atoms with E-state index >= 15 is 0 Å². The first-order valence-corrected chi connectivity index (χ1v) is 24.6. The number of rotatable bonds is 18. The van der Waals surface area contributed by atoms with Gasteiger partial charge in [-0.2, -0.15) is 0 Å². The second kappa shape index (κ2) is 29.1. The smallest absolute Gasteiger partial charge is 0.246 e. The highest BCUT2D eigenvalue weighted by Crippen LogP contribution is 2.24. The molecule has 1 aliphatic heterocycles. The molecule has 16 N–H and O–H groups in total. The van der Waals surface area contributed by atoms with Gasteiger partial charge in [-0.05, 0) is 42.0 Å². The fraction of sp³-hybridized carbons (Fsp3) is 0.477. The monoisotopic (exact) mass is 1010 g/mol. The molecule has 0 aromatic heterocycles. The maximum atomic E-state index is 14.2. The van der Waals surface area contributed by atoms with Crippen LogP contribution in [-0.4, -0.2) is 149 Å². The van der Waals surface area contributed by atoms with Crippen molar-refractivity contribution in [3.63, 3.8) is 0 Å². The van der Waals surface area contributed by atoms with Gasteiger partial charge in [0.25, 0.3) is 0 Å². The summed E-state index contributed by atoms with van der Waals surface area (Å²) in [5.41, 5.74) is 22.6. The number of phenols is 1. The minimum atomic E-state index is -1.67. The summed E-state index contributed by atoms with van der Waals surface area (Å²) in [7, 11) is 3.46. The molecule has 3 rings (SSSR count). The lowest BCUT2D eigenvalue weighted by Gasteiger charge is -2.29. The third-order valence-electron chi connectivity index (χ3n) is 10.4. The molecule has 0 saturated carbocycles. The number of nitrogens with zero attached hydrogens (tertiary/aromatic N) is 2. The number of nitrogens with two attached hydrogens (primary N) is 4. The van der Waals surface area contributed by atoms with Crippen LogP contribution in [0.25, 0.3) is 0 Å². The molecule has 6 atom stereocenters. The number of benzene rings is 2. The normalized spacial score (nSPS) is 20.2. The van der Waals surface area contributed by atoms with Crippen LogP contribution >= 0.6 is 21.6 Å². The molecule has 1 saturated heterocycles. The second-order valence-electron chi connectivity index (χ2n) is 16.6. The van der Waals surface area contributed by atoms with E-state index in [1.807, 2.05) is 0 Å². The van der Waals surface area contributed by atoms with Crippen LogP contribution < -0.4 is 60.2 Å². The third-order valence-corrected chi connectivity index (χ3v) is 12.8. The van der Waals surface area contributed by atoms with E-state index in [1.54, 1.807) is 56.3 Å². The van der Waals surface area contributed by atoms with Gasteiger partial charge in [0.15, 0.2) is 5.96 Å². The van der Waals surface area contributed by atoms with Gasteiger partial charge in [-0.15, -0.1) is 0 Å². The van der Waals surface area contributed by atoms with Gasteiger partial charge in [0.2, 0.25) is 59.1 Å². The molecule has 26 heteroatoms. The summed E-state index contributed by atoms with van der Waals surface area (Å²) >= 11 is 0. The van der Waals surface area contributed by atoms with Crippen LogP contribution in [0, 0.1) is 5.92 Å². The zero-order chi connectivity index (χ0) is 51.9. The van der Waals surface area contributed by atoms with Gasteiger partial charge >= 0.3 is 0 Å². The molecule has 0 bridgehead atoms. The number of likely N-dealkylation sites (N-methyl/N-ethyl adjacent to an activating group) is 1. The summed E-state index contributed by atoms with van der Waals surface area (Å²) in [6.45, 7) is 2.17. The standard InChI is InChI=1S/C44H63N13O11S2/c1-24(2)37-42(67)54-31(20-33(45)59)40(65)55-32(43(68)57(3)22-36(62)51-28(10-7-16-49-44(47)48)38(63)50-21-34(46)60)23-70-69-17-15-35(61)52-29(19-26-11-13-27(58)14-12-26)39(64)53-30(41(66)56-37)18-25-8-5-4-6-9-25/h4-6,8-9,11-14,24,28-32,37,58H,7,10,15-23H2,1-3H3,(H2,45,59)(H2,46,60)(H,50,63)(H,51,62)(H,52,61)(H,53,64)(H,54,67)(H,55,65)(H,56,66)(H4,47,48,49)/t28-,29+,30-,31-,32-,37+/m0/s1. The van der Waals surface area contributed by atoms with Crippen molar-refractivity contribution in [1.29, 1.82) is 0 Å². The van der Waals surface area contributed by atoms with Gasteiger partial charge in [0.05, 0.1) is 19.5 Å². The Balaban J connectivity index is 1.96. The quantitative estimate of drug-likeness (QED) is 0.0299. The molecule has 70 heavy (non-hydrogen) atoms. The molecule has 0 radical (unpaired) electrons.